The third-order valence-electron chi connectivity index (χ3n) is 3.01. The molecule has 0 radical (unpaired) electrons. The van der Waals surface area contributed by atoms with E-state index in [-0.39, 0.29) is 10.8 Å². The Morgan fingerprint density at radius 1 is 1.17 bits per heavy atom. The summed E-state index contributed by atoms with van der Waals surface area (Å²) >= 11 is 13.4. The van der Waals surface area contributed by atoms with Crippen molar-refractivity contribution in [2.75, 3.05) is 5.32 Å². The number of amides is 1. The molecule has 1 amide bonds. The molecule has 128 valence electrons. The summed E-state index contributed by atoms with van der Waals surface area (Å²) in [4.78, 5) is 12.8. The molecular formula is C15H14Cl2N2O3S2. The number of primary sulfonamides is 1. The van der Waals surface area contributed by atoms with Crippen molar-refractivity contribution in [1.82, 2.24) is 0 Å². The average Bonchev–Trinajstić information content (AvgIpc) is 2.50. The molecule has 3 N–H and O–H groups in total. The normalized spacial score (nSPS) is 12.7. The van der Waals surface area contributed by atoms with Gasteiger partial charge in [0.1, 0.15) is 0 Å². The summed E-state index contributed by atoms with van der Waals surface area (Å²) in [5.41, 5.74) is 0.337. The van der Waals surface area contributed by atoms with Gasteiger partial charge in [-0.05, 0) is 37.3 Å². The van der Waals surface area contributed by atoms with Gasteiger partial charge in [0.15, 0.2) is 0 Å². The maximum atomic E-state index is 12.3. The number of anilines is 1. The summed E-state index contributed by atoms with van der Waals surface area (Å²) in [6.07, 6.45) is 0. The molecule has 0 heterocycles. The molecule has 1 atom stereocenters. The van der Waals surface area contributed by atoms with Gasteiger partial charge in [-0.25, -0.2) is 13.6 Å². The van der Waals surface area contributed by atoms with Gasteiger partial charge < -0.3 is 5.32 Å². The van der Waals surface area contributed by atoms with Crippen LogP contribution in [0.5, 0.6) is 0 Å². The summed E-state index contributed by atoms with van der Waals surface area (Å²) < 4.78 is 22.7. The number of carbonyl (C=O) groups is 1. The minimum Gasteiger partial charge on any atom is -0.325 e. The van der Waals surface area contributed by atoms with Crippen LogP contribution >= 0.6 is 35.0 Å². The van der Waals surface area contributed by atoms with Crippen LogP contribution in [0.4, 0.5) is 5.69 Å². The number of hydrogen-bond donors (Lipinski definition) is 2. The van der Waals surface area contributed by atoms with Gasteiger partial charge in [-0.1, -0.05) is 35.3 Å². The monoisotopic (exact) mass is 404 g/mol. The van der Waals surface area contributed by atoms with E-state index < -0.39 is 15.3 Å². The fourth-order valence-corrected chi connectivity index (χ4v) is 3.93. The Labute approximate surface area is 154 Å². The number of halogens is 2. The molecule has 2 rings (SSSR count). The highest BCUT2D eigenvalue weighted by Crippen LogP contribution is 2.36. The summed E-state index contributed by atoms with van der Waals surface area (Å²) in [5.74, 6) is -0.317. The second-order valence-electron chi connectivity index (χ2n) is 4.87. The molecule has 1 unspecified atom stereocenters. The van der Waals surface area contributed by atoms with Crippen molar-refractivity contribution in [3.63, 3.8) is 0 Å². The van der Waals surface area contributed by atoms with E-state index in [1.54, 1.807) is 31.2 Å². The van der Waals surface area contributed by atoms with Gasteiger partial charge in [-0.15, -0.1) is 11.8 Å². The van der Waals surface area contributed by atoms with Gasteiger partial charge >= 0.3 is 0 Å². The lowest BCUT2D eigenvalue weighted by Gasteiger charge is -2.14. The molecule has 2 aromatic carbocycles. The second-order valence-corrected chi connectivity index (χ2v) is 8.60. The Morgan fingerprint density at radius 3 is 2.33 bits per heavy atom. The molecule has 0 bridgehead atoms. The molecule has 0 aliphatic carbocycles. The molecule has 0 fully saturated rings. The molecule has 9 heteroatoms. The largest absolute Gasteiger partial charge is 0.325 e. The highest BCUT2D eigenvalue weighted by molar-refractivity contribution is 8.00. The first-order valence-electron chi connectivity index (χ1n) is 6.73. The fraction of sp³-hybridized carbons (Fsp3) is 0.133. The van der Waals surface area contributed by atoms with Crippen LogP contribution in [0.3, 0.4) is 0 Å². The van der Waals surface area contributed by atoms with E-state index in [1.807, 2.05) is 0 Å². The average molecular weight is 405 g/mol. The second kappa shape index (κ2) is 7.76. The topological polar surface area (TPSA) is 89.3 Å². The minimum absolute atomic E-state index is 0.0743. The molecule has 0 aliphatic rings. The van der Waals surface area contributed by atoms with E-state index in [4.69, 9.17) is 28.3 Å². The Hall–Kier alpha value is -1.25. The quantitative estimate of drug-likeness (QED) is 0.742. The molecule has 5 nitrogen and oxygen atoms in total. The highest BCUT2D eigenvalue weighted by Gasteiger charge is 2.18. The number of nitrogens with two attached hydrogens (primary N) is 1. The van der Waals surface area contributed by atoms with Crippen LogP contribution < -0.4 is 10.5 Å². The van der Waals surface area contributed by atoms with Crippen LogP contribution in [-0.2, 0) is 14.8 Å². The maximum Gasteiger partial charge on any atom is 0.238 e. The van der Waals surface area contributed by atoms with Crippen LogP contribution in [0.1, 0.15) is 6.92 Å². The summed E-state index contributed by atoms with van der Waals surface area (Å²) in [5, 5.41) is 8.15. The Balaban J connectivity index is 2.12. The van der Waals surface area contributed by atoms with Crippen molar-refractivity contribution in [1.29, 1.82) is 0 Å². The minimum atomic E-state index is -3.83. The van der Waals surface area contributed by atoms with Gasteiger partial charge in [0.2, 0.25) is 15.9 Å². The van der Waals surface area contributed by atoms with Gasteiger partial charge in [-0.2, -0.15) is 0 Å². The molecule has 0 saturated heterocycles. The van der Waals surface area contributed by atoms with Gasteiger partial charge in [-0.3, -0.25) is 4.79 Å². The SMILES string of the molecule is CC(Sc1c(Cl)cccc1Cl)C(=O)Nc1cccc(S(N)(=O)=O)c1. The van der Waals surface area contributed by atoms with Crippen molar-refractivity contribution >= 4 is 56.6 Å². The summed E-state index contributed by atoms with van der Waals surface area (Å²) in [6, 6.07) is 10.8. The van der Waals surface area contributed by atoms with Crippen LogP contribution in [0.15, 0.2) is 52.3 Å². The first kappa shape index (κ1) is 19.1. The fourth-order valence-electron chi connectivity index (χ4n) is 1.82. The highest BCUT2D eigenvalue weighted by atomic mass is 35.5. The first-order valence-corrected chi connectivity index (χ1v) is 9.91. The van der Waals surface area contributed by atoms with Crippen LogP contribution in [-0.4, -0.2) is 19.6 Å². The lowest BCUT2D eigenvalue weighted by molar-refractivity contribution is -0.115. The van der Waals surface area contributed by atoms with Crippen molar-refractivity contribution in [2.45, 2.75) is 22.0 Å². The van der Waals surface area contributed by atoms with Crippen LogP contribution in [0.2, 0.25) is 10.0 Å². The van der Waals surface area contributed by atoms with E-state index in [9.17, 15) is 13.2 Å². The molecule has 0 aromatic heterocycles. The summed E-state index contributed by atoms with van der Waals surface area (Å²) in [6.45, 7) is 1.70. The predicted octanol–water partition coefficient (Wildman–Crippen LogP) is 3.76. The van der Waals surface area contributed by atoms with Crippen molar-refractivity contribution in [2.24, 2.45) is 5.14 Å². The third-order valence-corrected chi connectivity index (χ3v) is 6.02. The van der Waals surface area contributed by atoms with Crippen molar-refractivity contribution in [3.8, 4) is 0 Å². The van der Waals surface area contributed by atoms with Crippen molar-refractivity contribution < 1.29 is 13.2 Å². The van der Waals surface area contributed by atoms with E-state index in [2.05, 4.69) is 5.32 Å². The number of benzene rings is 2. The zero-order chi connectivity index (χ0) is 17.9. The van der Waals surface area contributed by atoms with E-state index >= 15 is 0 Å². The van der Waals surface area contributed by atoms with Crippen LogP contribution in [0, 0.1) is 0 Å². The van der Waals surface area contributed by atoms with Crippen LogP contribution in [0.25, 0.3) is 0 Å². The Kier molecular flexibility index (Phi) is 6.17. The lowest BCUT2D eigenvalue weighted by Crippen LogP contribution is -2.22. The number of hydrogen-bond acceptors (Lipinski definition) is 4. The lowest BCUT2D eigenvalue weighted by atomic mass is 10.3. The molecule has 0 spiro atoms. The zero-order valence-electron chi connectivity index (χ0n) is 12.5. The number of thioether (sulfide) groups is 1. The standard InChI is InChI=1S/C15H14Cl2N2O3S2/c1-9(23-14-12(16)6-3-7-13(14)17)15(20)19-10-4-2-5-11(8-10)24(18,21)22/h2-9H,1H3,(H,19,20)(H2,18,21,22). The Morgan fingerprint density at radius 2 is 1.75 bits per heavy atom. The maximum absolute atomic E-state index is 12.3. The Bertz CT molecular complexity index is 853. The zero-order valence-corrected chi connectivity index (χ0v) is 15.6. The van der Waals surface area contributed by atoms with E-state index in [0.717, 1.165) is 0 Å². The van der Waals surface area contributed by atoms with Crippen molar-refractivity contribution in [3.05, 3.63) is 52.5 Å². The molecule has 2 aromatic rings. The van der Waals surface area contributed by atoms with E-state index in [0.29, 0.717) is 20.6 Å². The van der Waals surface area contributed by atoms with E-state index in [1.165, 1.54) is 30.0 Å². The van der Waals surface area contributed by atoms with Gasteiger partial charge in [0, 0.05) is 10.6 Å². The molecule has 24 heavy (non-hydrogen) atoms. The first-order chi connectivity index (χ1) is 11.2. The third kappa shape index (κ3) is 4.87. The smallest absolute Gasteiger partial charge is 0.238 e. The summed E-state index contributed by atoms with van der Waals surface area (Å²) in [7, 11) is -3.83. The number of rotatable bonds is 5. The predicted molar refractivity (Wildman–Crippen MR) is 98.2 cm³/mol. The molecule has 0 aliphatic heterocycles. The number of sulfonamides is 1. The number of carbonyl (C=O) groups excluding carboxylic acids is 1. The molecular weight excluding hydrogens is 391 g/mol. The van der Waals surface area contributed by atoms with Gasteiger partial charge in [0.25, 0.3) is 0 Å². The van der Waals surface area contributed by atoms with Gasteiger partial charge in [0.05, 0.1) is 20.2 Å². The molecule has 0 saturated carbocycles. The number of nitrogens with one attached hydrogen (secondary N) is 1.